The van der Waals surface area contributed by atoms with E-state index in [1.165, 1.54) is 20.3 Å². The summed E-state index contributed by atoms with van der Waals surface area (Å²) in [5, 5.41) is 2.92. The zero-order valence-electron chi connectivity index (χ0n) is 24.4. The Labute approximate surface area is 238 Å². The molecule has 0 aliphatic rings. The zero-order valence-corrected chi connectivity index (χ0v) is 25.3. The number of Topliss-reactive ketones (excluding diaryl/α,β-unsaturated/α-hetero) is 3. The van der Waals surface area contributed by atoms with Gasteiger partial charge in [0.2, 0.25) is 5.91 Å². The summed E-state index contributed by atoms with van der Waals surface area (Å²) < 4.78 is 17.1. The number of benzene rings is 2. The number of ketones is 3. The van der Waals surface area contributed by atoms with Crippen molar-refractivity contribution in [3.63, 3.8) is 0 Å². The first-order valence-electron chi connectivity index (χ1n) is 14.0. The standard InChI is InChI=1S/C32H44NO6P/c1-23(2)18-30(31(36)21-28(24(3)34)19-26-14-10-7-11-15-26)33-32(37)27(17-16-25-12-8-6-9-13-25)20-29(35)22-39-40(4,5)38/h6-15,23,27-28,30H,16-22H2,1-5H3,(H,33,37)/t27-,28-,30+/m1/s1. The Bertz CT molecular complexity index is 1160. The van der Waals surface area contributed by atoms with Crippen molar-refractivity contribution in [2.75, 3.05) is 19.9 Å². The molecule has 0 aliphatic carbocycles. The van der Waals surface area contributed by atoms with E-state index in [4.69, 9.17) is 4.52 Å². The summed E-state index contributed by atoms with van der Waals surface area (Å²) in [6.07, 6.45) is 1.83. The van der Waals surface area contributed by atoms with Crippen LogP contribution in [0.5, 0.6) is 0 Å². The average molecular weight is 570 g/mol. The number of hydrogen-bond acceptors (Lipinski definition) is 6. The van der Waals surface area contributed by atoms with E-state index in [1.54, 1.807) is 0 Å². The van der Waals surface area contributed by atoms with Crippen molar-refractivity contribution in [3.05, 3.63) is 71.8 Å². The first kappa shape index (κ1) is 33.3. The molecule has 0 heterocycles. The van der Waals surface area contributed by atoms with Crippen molar-refractivity contribution < 1.29 is 28.3 Å². The van der Waals surface area contributed by atoms with Crippen LogP contribution in [-0.4, -0.2) is 49.2 Å². The molecule has 0 saturated heterocycles. The Morgan fingerprint density at radius 1 is 0.850 bits per heavy atom. The second kappa shape index (κ2) is 16.4. The van der Waals surface area contributed by atoms with E-state index in [2.05, 4.69) is 5.32 Å². The molecule has 0 radical (unpaired) electrons. The Hall–Kier alpha value is -2.89. The van der Waals surface area contributed by atoms with Crippen LogP contribution in [0.3, 0.4) is 0 Å². The quantitative estimate of drug-likeness (QED) is 0.231. The molecule has 2 aromatic carbocycles. The maximum absolute atomic E-state index is 13.5. The van der Waals surface area contributed by atoms with Crippen molar-refractivity contribution in [2.45, 2.75) is 65.3 Å². The van der Waals surface area contributed by atoms with Gasteiger partial charge < -0.3 is 9.84 Å². The van der Waals surface area contributed by atoms with E-state index in [0.29, 0.717) is 25.7 Å². The van der Waals surface area contributed by atoms with E-state index < -0.39 is 25.2 Å². The molecule has 0 fully saturated rings. The number of carbonyl (C=O) groups excluding carboxylic acids is 4. The molecule has 0 bridgehead atoms. The smallest absolute Gasteiger partial charge is 0.224 e. The Morgan fingerprint density at radius 2 is 1.43 bits per heavy atom. The summed E-state index contributed by atoms with van der Waals surface area (Å²) >= 11 is 0. The third-order valence-corrected chi connectivity index (χ3v) is 7.52. The number of carbonyl (C=O) groups is 4. The van der Waals surface area contributed by atoms with Gasteiger partial charge in [0.15, 0.2) is 18.9 Å². The third-order valence-electron chi connectivity index (χ3n) is 6.77. The number of hydrogen-bond donors (Lipinski definition) is 1. The van der Waals surface area contributed by atoms with E-state index in [0.717, 1.165) is 11.1 Å². The van der Waals surface area contributed by atoms with Crippen LogP contribution in [0.25, 0.3) is 0 Å². The molecule has 3 atom stereocenters. The van der Waals surface area contributed by atoms with E-state index in [1.807, 2.05) is 74.5 Å². The molecule has 1 amide bonds. The minimum absolute atomic E-state index is 0.0334. The van der Waals surface area contributed by atoms with Gasteiger partial charge in [-0.1, -0.05) is 74.5 Å². The van der Waals surface area contributed by atoms with Gasteiger partial charge in [-0.05, 0) is 49.7 Å². The average Bonchev–Trinajstić information content (AvgIpc) is 2.89. The lowest BCUT2D eigenvalue weighted by Crippen LogP contribution is -2.45. The lowest BCUT2D eigenvalue weighted by molar-refractivity contribution is -0.134. The zero-order chi connectivity index (χ0) is 29.7. The van der Waals surface area contributed by atoms with Crippen LogP contribution in [-0.2, 0) is 41.1 Å². The van der Waals surface area contributed by atoms with Gasteiger partial charge in [0.1, 0.15) is 12.4 Å². The van der Waals surface area contributed by atoms with Gasteiger partial charge >= 0.3 is 0 Å². The fraction of sp³-hybridized carbons (Fsp3) is 0.500. The molecule has 8 heteroatoms. The monoisotopic (exact) mass is 569 g/mol. The van der Waals surface area contributed by atoms with E-state index >= 15 is 0 Å². The highest BCUT2D eigenvalue weighted by Gasteiger charge is 2.30. The normalized spacial score (nSPS) is 13.8. The molecule has 7 nitrogen and oxygen atoms in total. The van der Waals surface area contributed by atoms with Crippen LogP contribution in [0.2, 0.25) is 0 Å². The van der Waals surface area contributed by atoms with E-state index in [9.17, 15) is 23.7 Å². The van der Waals surface area contributed by atoms with Gasteiger partial charge in [-0.2, -0.15) is 0 Å². The highest BCUT2D eigenvalue weighted by Crippen LogP contribution is 2.37. The summed E-state index contributed by atoms with van der Waals surface area (Å²) in [5.74, 6) is -1.98. The summed E-state index contributed by atoms with van der Waals surface area (Å²) in [6.45, 7) is 7.99. The van der Waals surface area contributed by atoms with Crippen LogP contribution in [0.15, 0.2) is 60.7 Å². The molecule has 2 aromatic rings. The minimum Gasteiger partial charge on any atom is -0.346 e. The van der Waals surface area contributed by atoms with Crippen LogP contribution in [0, 0.1) is 17.8 Å². The van der Waals surface area contributed by atoms with Gasteiger partial charge in [-0.3, -0.25) is 23.7 Å². The number of aryl methyl sites for hydroxylation is 1. The predicted molar refractivity (Wildman–Crippen MR) is 159 cm³/mol. The third kappa shape index (κ3) is 13.0. The van der Waals surface area contributed by atoms with Crippen molar-refractivity contribution in [1.82, 2.24) is 5.32 Å². The first-order chi connectivity index (χ1) is 18.8. The first-order valence-corrected chi connectivity index (χ1v) is 16.5. The minimum atomic E-state index is -2.84. The lowest BCUT2D eigenvalue weighted by Gasteiger charge is -2.25. The summed E-state index contributed by atoms with van der Waals surface area (Å²) in [4.78, 5) is 52.1. The largest absolute Gasteiger partial charge is 0.346 e. The van der Waals surface area contributed by atoms with Gasteiger partial charge in [0, 0.05) is 38.0 Å². The van der Waals surface area contributed by atoms with Gasteiger partial charge in [0.25, 0.3) is 0 Å². The van der Waals surface area contributed by atoms with Gasteiger partial charge in [-0.15, -0.1) is 0 Å². The van der Waals surface area contributed by atoms with Crippen LogP contribution < -0.4 is 5.32 Å². The second-order valence-corrected chi connectivity index (χ2v) is 14.1. The molecular formula is C32H44NO6P. The molecule has 0 saturated carbocycles. The molecule has 0 aliphatic heterocycles. The highest BCUT2D eigenvalue weighted by molar-refractivity contribution is 7.57. The van der Waals surface area contributed by atoms with Crippen LogP contribution in [0.1, 0.15) is 57.6 Å². The topological polar surface area (TPSA) is 107 Å². The maximum Gasteiger partial charge on any atom is 0.224 e. The lowest BCUT2D eigenvalue weighted by atomic mass is 9.87. The number of nitrogens with one attached hydrogen (secondary N) is 1. The van der Waals surface area contributed by atoms with Crippen molar-refractivity contribution in [3.8, 4) is 0 Å². The Kier molecular flexibility index (Phi) is 13.7. The molecule has 1 N–H and O–H groups in total. The molecule has 0 unspecified atom stereocenters. The molecule has 0 spiro atoms. The van der Waals surface area contributed by atoms with Crippen molar-refractivity contribution in [2.24, 2.45) is 17.8 Å². The Morgan fingerprint density at radius 3 is 1.95 bits per heavy atom. The van der Waals surface area contributed by atoms with E-state index in [-0.39, 0.29) is 48.6 Å². The molecule has 40 heavy (non-hydrogen) atoms. The fourth-order valence-electron chi connectivity index (χ4n) is 4.55. The highest BCUT2D eigenvalue weighted by atomic mass is 31.2. The molecule has 2 rings (SSSR count). The second-order valence-electron chi connectivity index (χ2n) is 11.3. The molecule has 218 valence electrons. The van der Waals surface area contributed by atoms with Gasteiger partial charge in [0.05, 0.1) is 6.04 Å². The van der Waals surface area contributed by atoms with Crippen molar-refractivity contribution >= 4 is 30.6 Å². The number of amides is 1. The summed E-state index contributed by atoms with van der Waals surface area (Å²) in [6, 6.07) is 18.5. The fourth-order valence-corrected chi connectivity index (χ4v) is 5.00. The van der Waals surface area contributed by atoms with Crippen LogP contribution in [0.4, 0.5) is 0 Å². The van der Waals surface area contributed by atoms with Crippen LogP contribution >= 0.6 is 7.37 Å². The SMILES string of the molecule is CC(=O)[C@@H](CC(=O)[C@H](CC(C)C)NC(=O)[C@H](CCc1ccccc1)CC(=O)COP(C)(C)=O)Cc1ccccc1. The predicted octanol–water partition coefficient (Wildman–Crippen LogP) is 5.69. The van der Waals surface area contributed by atoms with Crippen molar-refractivity contribution in [1.29, 1.82) is 0 Å². The maximum atomic E-state index is 13.5. The summed E-state index contributed by atoms with van der Waals surface area (Å²) in [5.41, 5.74) is 2.01. The molecular weight excluding hydrogens is 525 g/mol. The Balaban J connectivity index is 2.17. The van der Waals surface area contributed by atoms with Gasteiger partial charge in [-0.25, -0.2) is 0 Å². The summed E-state index contributed by atoms with van der Waals surface area (Å²) in [7, 11) is -2.84. The molecule has 0 aromatic heterocycles. The number of rotatable bonds is 18.